The summed E-state index contributed by atoms with van der Waals surface area (Å²) in [5, 5.41) is -0.116. The smallest absolute Gasteiger partial charge is 0.387 e. The summed E-state index contributed by atoms with van der Waals surface area (Å²) < 4.78 is 43.7. The van der Waals surface area contributed by atoms with Crippen LogP contribution < -0.4 is 10.5 Å². The summed E-state index contributed by atoms with van der Waals surface area (Å²) in [6.45, 7) is -2.99. The number of halogens is 5. The highest BCUT2D eigenvalue weighted by Crippen LogP contribution is 2.35. The average molecular weight is 381 g/mol. The molecular formula is C14H10BrClF3NO. The van der Waals surface area contributed by atoms with Gasteiger partial charge in [0.1, 0.15) is 11.6 Å². The summed E-state index contributed by atoms with van der Waals surface area (Å²) in [6.07, 6.45) is 0. The summed E-state index contributed by atoms with van der Waals surface area (Å²) in [4.78, 5) is 0. The summed E-state index contributed by atoms with van der Waals surface area (Å²) >= 11 is 8.91. The molecule has 21 heavy (non-hydrogen) atoms. The lowest BCUT2D eigenvalue weighted by Crippen LogP contribution is -2.16. The van der Waals surface area contributed by atoms with E-state index in [1.165, 1.54) is 30.3 Å². The van der Waals surface area contributed by atoms with E-state index >= 15 is 0 Å². The zero-order chi connectivity index (χ0) is 15.6. The first-order valence-electron chi connectivity index (χ1n) is 5.84. The van der Waals surface area contributed by atoms with Crippen LogP contribution in [0.5, 0.6) is 5.75 Å². The van der Waals surface area contributed by atoms with Crippen LogP contribution in [0, 0.1) is 5.82 Å². The fourth-order valence-electron chi connectivity index (χ4n) is 1.89. The van der Waals surface area contributed by atoms with Crippen molar-refractivity contribution in [1.29, 1.82) is 0 Å². The van der Waals surface area contributed by atoms with E-state index < -0.39 is 18.5 Å². The molecule has 0 heterocycles. The van der Waals surface area contributed by atoms with Gasteiger partial charge in [-0.05, 0) is 28.1 Å². The van der Waals surface area contributed by atoms with Gasteiger partial charge in [-0.2, -0.15) is 8.78 Å². The SMILES string of the molecule is NC(c1ccccc1OC(F)F)c1ccc(Br)c(Cl)c1F. The maximum atomic E-state index is 14.2. The van der Waals surface area contributed by atoms with Gasteiger partial charge in [-0.15, -0.1) is 0 Å². The largest absolute Gasteiger partial charge is 0.434 e. The second-order valence-electron chi connectivity index (χ2n) is 4.16. The lowest BCUT2D eigenvalue weighted by atomic mass is 9.98. The molecule has 2 aromatic rings. The van der Waals surface area contributed by atoms with Crippen LogP contribution in [0.4, 0.5) is 13.2 Å². The maximum absolute atomic E-state index is 14.2. The van der Waals surface area contributed by atoms with Gasteiger partial charge >= 0.3 is 6.61 Å². The van der Waals surface area contributed by atoms with E-state index in [1.54, 1.807) is 6.07 Å². The summed E-state index contributed by atoms with van der Waals surface area (Å²) in [5.41, 5.74) is 6.31. The Labute approximate surface area is 132 Å². The van der Waals surface area contributed by atoms with Crippen molar-refractivity contribution in [3.63, 3.8) is 0 Å². The van der Waals surface area contributed by atoms with Crippen LogP contribution in [0.1, 0.15) is 17.2 Å². The number of rotatable bonds is 4. The molecule has 0 saturated carbocycles. The minimum absolute atomic E-state index is 0.0912. The van der Waals surface area contributed by atoms with Gasteiger partial charge in [0, 0.05) is 15.6 Å². The predicted octanol–water partition coefficient (Wildman–Crippen LogP) is 4.89. The van der Waals surface area contributed by atoms with Crippen molar-refractivity contribution in [3.8, 4) is 5.75 Å². The van der Waals surface area contributed by atoms with Crippen LogP contribution in [0.2, 0.25) is 5.02 Å². The monoisotopic (exact) mass is 379 g/mol. The fraction of sp³-hybridized carbons (Fsp3) is 0.143. The van der Waals surface area contributed by atoms with Gasteiger partial charge in [0.05, 0.1) is 11.1 Å². The molecular weight excluding hydrogens is 371 g/mol. The fourth-order valence-corrected chi connectivity index (χ4v) is 2.37. The van der Waals surface area contributed by atoms with Crippen LogP contribution in [0.25, 0.3) is 0 Å². The number of alkyl halides is 2. The average Bonchev–Trinajstić information content (AvgIpc) is 2.44. The highest BCUT2D eigenvalue weighted by Gasteiger charge is 2.21. The zero-order valence-electron chi connectivity index (χ0n) is 10.5. The molecule has 0 amide bonds. The van der Waals surface area contributed by atoms with Gasteiger partial charge in [0.15, 0.2) is 0 Å². The highest BCUT2D eigenvalue weighted by molar-refractivity contribution is 9.10. The first kappa shape index (κ1) is 16.1. The third-order valence-electron chi connectivity index (χ3n) is 2.87. The highest BCUT2D eigenvalue weighted by atomic mass is 79.9. The van der Waals surface area contributed by atoms with E-state index in [0.29, 0.717) is 4.47 Å². The molecule has 2 N–H and O–H groups in total. The second kappa shape index (κ2) is 6.68. The van der Waals surface area contributed by atoms with Gasteiger partial charge < -0.3 is 10.5 Å². The lowest BCUT2D eigenvalue weighted by Gasteiger charge is -2.18. The number of nitrogens with two attached hydrogens (primary N) is 1. The van der Waals surface area contributed by atoms with Crippen molar-refractivity contribution in [2.24, 2.45) is 5.73 Å². The Balaban J connectivity index is 2.45. The van der Waals surface area contributed by atoms with E-state index in [-0.39, 0.29) is 21.9 Å². The predicted molar refractivity (Wildman–Crippen MR) is 78.2 cm³/mol. The van der Waals surface area contributed by atoms with Crippen LogP contribution in [-0.2, 0) is 0 Å². The minimum atomic E-state index is -2.99. The molecule has 0 aliphatic rings. The van der Waals surface area contributed by atoms with Gasteiger partial charge in [-0.25, -0.2) is 4.39 Å². The molecule has 2 nitrogen and oxygen atoms in total. The van der Waals surface area contributed by atoms with Gasteiger partial charge in [-0.3, -0.25) is 0 Å². The third kappa shape index (κ3) is 3.51. The van der Waals surface area contributed by atoms with Crippen molar-refractivity contribution in [2.75, 3.05) is 0 Å². The number of ether oxygens (including phenoxy) is 1. The number of benzene rings is 2. The Morgan fingerprint density at radius 3 is 2.43 bits per heavy atom. The summed E-state index contributed by atoms with van der Waals surface area (Å²) in [6, 6.07) is 7.97. The Morgan fingerprint density at radius 1 is 1.10 bits per heavy atom. The maximum Gasteiger partial charge on any atom is 0.387 e. The first-order valence-corrected chi connectivity index (χ1v) is 7.01. The number of hydrogen-bond donors (Lipinski definition) is 1. The summed E-state index contributed by atoms with van der Waals surface area (Å²) in [5.74, 6) is -0.802. The molecule has 0 fully saturated rings. The molecule has 2 rings (SSSR count). The van der Waals surface area contributed by atoms with Crippen LogP contribution in [-0.4, -0.2) is 6.61 Å². The summed E-state index contributed by atoms with van der Waals surface area (Å²) in [7, 11) is 0. The van der Waals surface area contributed by atoms with Crippen LogP contribution in [0.3, 0.4) is 0 Å². The molecule has 1 unspecified atom stereocenters. The van der Waals surface area contributed by atoms with Crippen LogP contribution in [0.15, 0.2) is 40.9 Å². The molecule has 1 atom stereocenters. The van der Waals surface area contributed by atoms with Crippen molar-refractivity contribution >= 4 is 27.5 Å². The van der Waals surface area contributed by atoms with Crippen molar-refractivity contribution in [2.45, 2.75) is 12.7 Å². The molecule has 112 valence electrons. The Hall–Kier alpha value is -1.24. The number of hydrogen-bond acceptors (Lipinski definition) is 2. The van der Waals surface area contributed by atoms with Crippen molar-refractivity contribution in [3.05, 3.63) is 62.8 Å². The minimum Gasteiger partial charge on any atom is -0.434 e. The van der Waals surface area contributed by atoms with Gasteiger partial charge in [0.2, 0.25) is 0 Å². The molecule has 2 aromatic carbocycles. The van der Waals surface area contributed by atoms with E-state index in [0.717, 1.165) is 0 Å². The molecule has 7 heteroatoms. The molecule has 0 aliphatic heterocycles. The molecule has 0 aliphatic carbocycles. The molecule has 0 spiro atoms. The molecule has 0 saturated heterocycles. The zero-order valence-corrected chi connectivity index (χ0v) is 12.8. The molecule has 0 bridgehead atoms. The molecule has 0 aromatic heterocycles. The van der Waals surface area contributed by atoms with Gasteiger partial charge in [-0.1, -0.05) is 35.9 Å². The lowest BCUT2D eigenvalue weighted by molar-refractivity contribution is -0.0505. The Morgan fingerprint density at radius 2 is 1.76 bits per heavy atom. The van der Waals surface area contributed by atoms with E-state index in [1.807, 2.05) is 0 Å². The molecule has 0 radical (unpaired) electrons. The van der Waals surface area contributed by atoms with E-state index in [9.17, 15) is 13.2 Å². The standard InChI is InChI=1S/C14H10BrClF3NO/c15-9-6-5-8(12(17)11(9)16)13(20)7-3-1-2-4-10(7)21-14(18)19/h1-6,13-14H,20H2. The van der Waals surface area contributed by atoms with Crippen molar-refractivity contribution < 1.29 is 17.9 Å². The first-order chi connectivity index (χ1) is 9.91. The van der Waals surface area contributed by atoms with E-state index in [2.05, 4.69) is 20.7 Å². The van der Waals surface area contributed by atoms with Gasteiger partial charge in [0.25, 0.3) is 0 Å². The Bertz CT molecular complexity index is 654. The van der Waals surface area contributed by atoms with Crippen molar-refractivity contribution in [1.82, 2.24) is 0 Å². The normalized spacial score (nSPS) is 12.5. The topological polar surface area (TPSA) is 35.2 Å². The third-order valence-corrected chi connectivity index (χ3v) is 4.13. The number of para-hydroxylation sites is 1. The van der Waals surface area contributed by atoms with Crippen LogP contribution >= 0.6 is 27.5 Å². The quantitative estimate of drug-likeness (QED) is 0.767. The second-order valence-corrected chi connectivity index (χ2v) is 5.39. The van der Waals surface area contributed by atoms with E-state index in [4.69, 9.17) is 17.3 Å². The Kier molecular flexibility index (Phi) is 5.13.